The molecule has 8 heteroatoms. The zero-order chi connectivity index (χ0) is 17.7. The average molecular weight is 332 g/mol. The molecule has 0 unspecified atom stereocenters. The van der Waals surface area contributed by atoms with E-state index in [0.717, 1.165) is 0 Å². The molecule has 1 saturated heterocycles. The Kier molecular flexibility index (Phi) is 6.52. The summed E-state index contributed by atoms with van der Waals surface area (Å²) < 4.78 is 26.0. The van der Waals surface area contributed by atoms with Crippen LogP contribution >= 0.6 is 0 Å². The molecule has 0 aliphatic carbocycles. The number of carbonyl (C=O) groups is 3. The van der Waals surface area contributed by atoms with Crippen molar-refractivity contribution in [2.24, 2.45) is 0 Å². The van der Waals surface area contributed by atoms with E-state index in [1.807, 2.05) is 0 Å². The third-order valence-electron chi connectivity index (χ3n) is 3.09. The van der Waals surface area contributed by atoms with Crippen molar-refractivity contribution in [1.82, 2.24) is 0 Å². The fourth-order valence-electron chi connectivity index (χ4n) is 2.38. The van der Waals surface area contributed by atoms with Gasteiger partial charge < -0.3 is 23.7 Å². The van der Waals surface area contributed by atoms with Gasteiger partial charge in [0.25, 0.3) is 0 Å². The molecule has 8 nitrogen and oxygen atoms in total. The quantitative estimate of drug-likeness (QED) is 0.502. The monoisotopic (exact) mass is 332 g/mol. The summed E-state index contributed by atoms with van der Waals surface area (Å²) in [4.78, 5) is 36.6. The first kappa shape index (κ1) is 19.4. The Balaban J connectivity index is 3.23. The fourth-order valence-corrected chi connectivity index (χ4v) is 2.38. The largest absolute Gasteiger partial charge is 0.466 e. The summed E-state index contributed by atoms with van der Waals surface area (Å²) in [5.41, 5.74) is -1.93. The lowest BCUT2D eigenvalue weighted by Gasteiger charge is -2.28. The number of hydrogen-bond acceptors (Lipinski definition) is 8. The first-order valence-corrected chi connectivity index (χ1v) is 7.59. The van der Waals surface area contributed by atoms with Gasteiger partial charge >= 0.3 is 17.9 Å². The summed E-state index contributed by atoms with van der Waals surface area (Å²) in [5.74, 6) is -3.63. The van der Waals surface area contributed by atoms with Gasteiger partial charge in [-0.1, -0.05) is 0 Å². The highest BCUT2D eigenvalue weighted by molar-refractivity contribution is 5.93. The lowest BCUT2D eigenvalue weighted by Crippen LogP contribution is -2.54. The van der Waals surface area contributed by atoms with Crippen molar-refractivity contribution in [2.75, 3.05) is 19.8 Å². The second-order valence-electron chi connectivity index (χ2n) is 5.34. The summed E-state index contributed by atoms with van der Waals surface area (Å²) in [6, 6.07) is 0. The molecule has 132 valence electrons. The second kappa shape index (κ2) is 7.74. The van der Waals surface area contributed by atoms with Crippen molar-refractivity contribution in [3.8, 4) is 0 Å². The standard InChI is InChI=1S/C15H24O8/c1-6-19-10(16)9-15(13(18)21-8-3)11(12(17)20-7-2)22-14(4,5)23-15/h11H,6-9H2,1-5H3/t11-,15-/m0/s1. The molecule has 0 aromatic carbocycles. The molecule has 0 aromatic rings. The molecule has 1 rings (SSSR count). The molecule has 2 atom stereocenters. The van der Waals surface area contributed by atoms with Crippen LogP contribution in [-0.2, 0) is 38.1 Å². The predicted octanol–water partition coefficient (Wildman–Crippen LogP) is 0.956. The Morgan fingerprint density at radius 1 is 0.957 bits per heavy atom. The molecule has 0 N–H and O–H groups in total. The van der Waals surface area contributed by atoms with Crippen LogP contribution in [0.25, 0.3) is 0 Å². The van der Waals surface area contributed by atoms with Crippen LogP contribution in [0.5, 0.6) is 0 Å². The van der Waals surface area contributed by atoms with Gasteiger partial charge in [-0.15, -0.1) is 0 Å². The van der Waals surface area contributed by atoms with Gasteiger partial charge in [-0.2, -0.15) is 0 Å². The van der Waals surface area contributed by atoms with Gasteiger partial charge in [0.2, 0.25) is 5.60 Å². The fraction of sp³-hybridized carbons (Fsp3) is 0.800. The van der Waals surface area contributed by atoms with E-state index in [1.165, 1.54) is 13.8 Å². The van der Waals surface area contributed by atoms with Crippen LogP contribution in [0.4, 0.5) is 0 Å². The highest BCUT2D eigenvalue weighted by atomic mass is 16.8. The zero-order valence-corrected chi connectivity index (χ0v) is 14.2. The predicted molar refractivity (Wildman–Crippen MR) is 77.3 cm³/mol. The molecule has 0 spiro atoms. The average Bonchev–Trinajstić information content (AvgIpc) is 2.72. The number of carbonyl (C=O) groups excluding carboxylic acids is 3. The smallest absolute Gasteiger partial charge is 0.342 e. The molecule has 1 fully saturated rings. The van der Waals surface area contributed by atoms with E-state index in [0.29, 0.717) is 0 Å². The molecule has 0 amide bonds. The molecule has 1 aliphatic heterocycles. The molecule has 1 aliphatic rings. The third-order valence-corrected chi connectivity index (χ3v) is 3.09. The van der Waals surface area contributed by atoms with Crippen molar-refractivity contribution in [1.29, 1.82) is 0 Å². The minimum absolute atomic E-state index is 0.0583. The Morgan fingerprint density at radius 3 is 2.04 bits per heavy atom. The van der Waals surface area contributed by atoms with E-state index in [4.69, 9.17) is 23.7 Å². The number of ether oxygens (including phenoxy) is 5. The van der Waals surface area contributed by atoms with E-state index in [9.17, 15) is 14.4 Å². The number of hydrogen-bond donors (Lipinski definition) is 0. The summed E-state index contributed by atoms with van der Waals surface area (Å²) >= 11 is 0. The molecular weight excluding hydrogens is 308 g/mol. The normalized spacial score (nSPS) is 25.7. The molecule has 0 aromatic heterocycles. The molecule has 0 saturated carbocycles. The summed E-state index contributed by atoms with van der Waals surface area (Å²) in [7, 11) is 0. The maximum absolute atomic E-state index is 12.5. The van der Waals surface area contributed by atoms with Crippen molar-refractivity contribution >= 4 is 17.9 Å². The number of rotatable bonds is 7. The summed E-state index contributed by atoms with van der Waals surface area (Å²) in [6.45, 7) is 8.21. The first-order chi connectivity index (χ1) is 10.7. The van der Waals surface area contributed by atoms with Gasteiger partial charge in [-0.05, 0) is 34.6 Å². The minimum atomic E-state index is -1.93. The van der Waals surface area contributed by atoms with Gasteiger partial charge in [-0.3, -0.25) is 4.79 Å². The van der Waals surface area contributed by atoms with Crippen molar-refractivity contribution < 1.29 is 38.1 Å². The van der Waals surface area contributed by atoms with E-state index < -0.39 is 41.8 Å². The maximum Gasteiger partial charge on any atom is 0.342 e. The van der Waals surface area contributed by atoms with E-state index >= 15 is 0 Å². The Morgan fingerprint density at radius 2 is 1.52 bits per heavy atom. The van der Waals surface area contributed by atoms with E-state index in [2.05, 4.69) is 0 Å². The van der Waals surface area contributed by atoms with Gasteiger partial charge in [0.15, 0.2) is 11.9 Å². The van der Waals surface area contributed by atoms with Crippen molar-refractivity contribution in [3.63, 3.8) is 0 Å². The molecule has 23 heavy (non-hydrogen) atoms. The van der Waals surface area contributed by atoms with Gasteiger partial charge in [-0.25, -0.2) is 9.59 Å². The van der Waals surface area contributed by atoms with Crippen LogP contribution in [-0.4, -0.2) is 55.2 Å². The molecular formula is C15H24O8. The highest BCUT2D eigenvalue weighted by Crippen LogP contribution is 2.40. The van der Waals surface area contributed by atoms with Gasteiger partial charge in [0, 0.05) is 0 Å². The Bertz CT molecular complexity index is 458. The van der Waals surface area contributed by atoms with E-state index in [-0.39, 0.29) is 19.8 Å². The van der Waals surface area contributed by atoms with Crippen LogP contribution < -0.4 is 0 Å². The molecule has 0 radical (unpaired) electrons. The Labute approximate surface area is 135 Å². The summed E-state index contributed by atoms with van der Waals surface area (Å²) in [6.07, 6.45) is -1.92. The Hall–Kier alpha value is -1.67. The highest BCUT2D eigenvalue weighted by Gasteiger charge is 2.64. The van der Waals surface area contributed by atoms with Gasteiger partial charge in [0.05, 0.1) is 26.2 Å². The van der Waals surface area contributed by atoms with Crippen LogP contribution in [0.3, 0.4) is 0 Å². The third kappa shape index (κ3) is 4.42. The lowest BCUT2D eigenvalue weighted by atomic mass is 9.92. The van der Waals surface area contributed by atoms with E-state index in [1.54, 1.807) is 20.8 Å². The second-order valence-corrected chi connectivity index (χ2v) is 5.34. The zero-order valence-electron chi connectivity index (χ0n) is 14.2. The van der Waals surface area contributed by atoms with Crippen LogP contribution in [0.15, 0.2) is 0 Å². The summed E-state index contributed by atoms with van der Waals surface area (Å²) in [5, 5.41) is 0. The molecule has 1 heterocycles. The van der Waals surface area contributed by atoms with Crippen LogP contribution in [0.2, 0.25) is 0 Å². The molecule has 0 bridgehead atoms. The first-order valence-electron chi connectivity index (χ1n) is 7.59. The van der Waals surface area contributed by atoms with Crippen molar-refractivity contribution in [3.05, 3.63) is 0 Å². The van der Waals surface area contributed by atoms with Crippen molar-refractivity contribution in [2.45, 2.75) is 58.5 Å². The number of esters is 3. The lowest BCUT2D eigenvalue weighted by molar-refractivity contribution is -0.194. The SMILES string of the molecule is CCOC(=O)C[C@]1(C(=O)OCC)OC(C)(C)O[C@H]1C(=O)OCC. The van der Waals surface area contributed by atoms with Crippen LogP contribution in [0.1, 0.15) is 41.0 Å². The topological polar surface area (TPSA) is 97.4 Å². The minimum Gasteiger partial charge on any atom is -0.466 e. The van der Waals surface area contributed by atoms with Gasteiger partial charge in [0.1, 0.15) is 0 Å². The van der Waals surface area contributed by atoms with Crippen LogP contribution in [0, 0.1) is 0 Å². The maximum atomic E-state index is 12.5.